The van der Waals surface area contributed by atoms with Gasteiger partial charge in [-0.05, 0) is 35.2 Å². The number of carbonyl (C=O) groups is 1. The second-order valence-corrected chi connectivity index (χ2v) is 5.89. The van der Waals surface area contributed by atoms with E-state index in [1.807, 2.05) is 16.8 Å². The van der Waals surface area contributed by atoms with Crippen LogP contribution in [0.5, 0.6) is 0 Å². The Morgan fingerprint density at radius 2 is 2.21 bits per heavy atom. The van der Waals surface area contributed by atoms with Crippen molar-refractivity contribution in [2.75, 3.05) is 13.1 Å². The standard InChI is InChI=1S/C14H22N2O2S/c17-13(11-6-7-19-10-11)8-15-9-14(18)16-12-4-2-1-3-5-12/h6-7,10,12-13,15,17H,1-5,8-9H2,(H,16,18). The molecule has 1 amide bonds. The molecule has 0 bridgehead atoms. The Labute approximate surface area is 118 Å². The molecule has 0 saturated heterocycles. The third kappa shape index (κ3) is 4.93. The molecule has 1 unspecified atom stereocenters. The molecule has 1 fully saturated rings. The minimum atomic E-state index is -0.534. The number of amides is 1. The number of hydrogen-bond donors (Lipinski definition) is 3. The van der Waals surface area contributed by atoms with Crippen LogP contribution in [0.1, 0.15) is 43.8 Å². The van der Waals surface area contributed by atoms with Gasteiger partial charge in [0.15, 0.2) is 0 Å². The van der Waals surface area contributed by atoms with Crippen molar-refractivity contribution >= 4 is 17.2 Å². The molecular weight excluding hydrogens is 260 g/mol. The molecule has 2 rings (SSSR count). The lowest BCUT2D eigenvalue weighted by Crippen LogP contribution is -2.42. The van der Waals surface area contributed by atoms with Gasteiger partial charge in [0, 0.05) is 12.6 Å². The van der Waals surface area contributed by atoms with E-state index in [1.54, 1.807) is 11.3 Å². The zero-order chi connectivity index (χ0) is 13.5. The highest BCUT2D eigenvalue weighted by molar-refractivity contribution is 7.07. The first-order chi connectivity index (χ1) is 9.25. The van der Waals surface area contributed by atoms with E-state index in [0.717, 1.165) is 18.4 Å². The summed E-state index contributed by atoms with van der Waals surface area (Å²) >= 11 is 1.56. The maximum Gasteiger partial charge on any atom is 0.234 e. The highest BCUT2D eigenvalue weighted by Gasteiger charge is 2.15. The van der Waals surface area contributed by atoms with Gasteiger partial charge in [-0.3, -0.25) is 4.79 Å². The Kier molecular flexibility index (Phi) is 5.82. The van der Waals surface area contributed by atoms with Crippen molar-refractivity contribution in [3.63, 3.8) is 0 Å². The number of aliphatic hydroxyl groups excluding tert-OH is 1. The summed E-state index contributed by atoms with van der Waals surface area (Å²) in [6, 6.07) is 2.25. The third-order valence-corrected chi connectivity index (χ3v) is 4.22. The van der Waals surface area contributed by atoms with Gasteiger partial charge >= 0.3 is 0 Å². The van der Waals surface area contributed by atoms with Crippen LogP contribution in [0, 0.1) is 0 Å². The third-order valence-electron chi connectivity index (χ3n) is 3.52. The van der Waals surface area contributed by atoms with Gasteiger partial charge in [-0.2, -0.15) is 11.3 Å². The van der Waals surface area contributed by atoms with Crippen LogP contribution >= 0.6 is 11.3 Å². The maximum atomic E-state index is 11.7. The van der Waals surface area contributed by atoms with E-state index >= 15 is 0 Å². The second-order valence-electron chi connectivity index (χ2n) is 5.11. The van der Waals surface area contributed by atoms with Crippen molar-refractivity contribution in [3.8, 4) is 0 Å². The molecule has 1 aliphatic carbocycles. The van der Waals surface area contributed by atoms with Crippen LogP contribution < -0.4 is 10.6 Å². The number of aliphatic hydroxyl groups is 1. The minimum Gasteiger partial charge on any atom is -0.387 e. The molecule has 1 aliphatic rings. The fraction of sp³-hybridized carbons (Fsp3) is 0.643. The van der Waals surface area contributed by atoms with Crippen LogP contribution in [0.15, 0.2) is 16.8 Å². The lowest BCUT2D eigenvalue weighted by atomic mass is 9.95. The second kappa shape index (κ2) is 7.62. The number of rotatable bonds is 6. The SMILES string of the molecule is O=C(CNCC(O)c1ccsc1)NC1CCCCC1. The molecule has 106 valence electrons. The van der Waals surface area contributed by atoms with E-state index in [0.29, 0.717) is 12.6 Å². The van der Waals surface area contributed by atoms with Gasteiger partial charge in [0.2, 0.25) is 5.91 Å². The first kappa shape index (κ1) is 14.5. The van der Waals surface area contributed by atoms with Crippen molar-refractivity contribution in [2.45, 2.75) is 44.2 Å². The molecule has 3 N–H and O–H groups in total. The summed E-state index contributed by atoms with van der Waals surface area (Å²) in [5, 5.41) is 19.8. The highest BCUT2D eigenvalue weighted by atomic mass is 32.1. The molecule has 1 heterocycles. The quantitative estimate of drug-likeness (QED) is 0.746. The number of nitrogens with one attached hydrogen (secondary N) is 2. The molecule has 1 atom stereocenters. The van der Waals surface area contributed by atoms with E-state index in [1.165, 1.54) is 19.3 Å². The van der Waals surface area contributed by atoms with Crippen LogP contribution in [0.25, 0.3) is 0 Å². The van der Waals surface area contributed by atoms with Crippen LogP contribution in [0.2, 0.25) is 0 Å². The smallest absolute Gasteiger partial charge is 0.234 e. The Balaban J connectivity index is 1.61. The first-order valence-corrected chi connectivity index (χ1v) is 7.90. The average molecular weight is 282 g/mol. The zero-order valence-electron chi connectivity index (χ0n) is 11.1. The van der Waals surface area contributed by atoms with Gasteiger partial charge in [-0.25, -0.2) is 0 Å². The van der Waals surface area contributed by atoms with E-state index in [2.05, 4.69) is 10.6 Å². The molecule has 0 radical (unpaired) electrons. The average Bonchev–Trinajstić information content (AvgIpc) is 2.93. The van der Waals surface area contributed by atoms with E-state index in [-0.39, 0.29) is 12.5 Å². The Hall–Kier alpha value is -0.910. The highest BCUT2D eigenvalue weighted by Crippen LogP contribution is 2.17. The molecule has 4 nitrogen and oxygen atoms in total. The van der Waals surface area contributed by atoms with Crippen molar-refractivity contribution in [3.05, 3.63) is 22.4 Å². The molecule has 1 aromatic heterocycles. The number of hydrogen-bond acceptors (Lipinski definition) is 4. The van der Waals surface area contributed by atoms with Crippen molar-refractivity contribution in [1.29, 1.82) is 0 Å². The summed E-state index contributed by atoms with van der Waals surface area (Å²) in [4.78, 5) is 11.7. The van der Waals surface area contributed by atoms with Crippen LogP contribution in [0.3, 0.4) is 0 Å². The molecule has 0 spiro atoms. The van der Waals surface area contributed by atoms with Gasteiger partial charge in [0.25, 0.3) is 0 Å². The normalized spacial score (nSPS) is 18.2. The largest absolute Gasteiger partial charge is 0.387 e. The maximum absolute atomic E-state index is 11.7. The summed E-state index contributed by atoms with van der Waals surface area (Å²) in [5.41, 5.74) is 0.908. The number of carbonyl (C=O) groups excluding carboxylic acids is 1. The molecule has 0 aromatic carbocycles. The molecule has 1 saturated carbocycles. The van der Waals surface area contributed by atoms with Crippen LogP contribution in [-0.4, -0.2) is 30.1 Å². The fourth-order valence-electron chi connectivity index (χ4n) is 2.43. The summed E-state index contributed by atoms with van der Waals surface area (Å²) in [7, 11) is 0. The van der Waals surface area contributed by atoms with Gasteiger partial charge in [0.05, 0.1) is 12.6 Å². The van der Waals surface area contributed by atoms with E-state index in [4.69, 9.17) is 0 Å². The molecular formula is C14H22N2O2S. The first-order valence-electron chi connectivity index (χ1n) is 6.96. The summed E-state index contributed by atoms with van der Waals surface area (Å²) < 4.78 is 0. The Bertz CT molecular complexity index is 375. The van der Waals surface area contributed by atoms with Gasteiger partial charge in [-0.15, -0.1) is 0 Å². The van der Waals surface area contributed by atoms with E-state index in [9.17, 15) is 9.90 Å². The molecule has 0 aliphatic heterocycles. The number of thiophene rings is 1. The molecule has 19 heavy (non-hydrogen) atoms. The van der Waals surface area contributed by atoms with Gasteiger partial charge in [-0.1, -0.05) is 19.3 Å². The van der Waals surface area contributed by atoms with Crippen molar-refractivity contribution in [2.24, 2.45) is 0 Å². The zero-order valence-corrected chi connectivity index (χ0v) is 11.9. The summed E-state index contributed by atoms with van der Waals surface area (Å²) in [6.45, 7) is 0.687. The lowest BCUT2D eigenvalue weighted by molar-refractivity contribution is -0.121. The van der Waals surface area contributed by atoms with Crippen LogP contribution in [-0.2, 0) is 4.79 Å². The van der Waals surface area contributed by atoms with Crippen LogP contribution in [0.4, 0.5) is 0 Å². The van der Waals surface area contributed by atoms with Gasteiger partial charge in [0.1, 0.15) is 0 Å². The topological polar surface area (TPSA) is 61.4 Å². The fourth-order valence-corrected chi connectivity index (χ4v) is 3.14. The Morgan fingerprint density at radius 3 is 2.89 bits per heavy atom. The Morgan fingerprint density at radius 1 is 1.42 bits per heavy atom. The lowest BCUT2D eigenvalue weighted by Gasteiger charge is -2.22. The molecule has 1 aromatic rings. The monoisotopic (exact) mass is 282 g/mol. The van der Waals surface area contributed by atoms with Gasteiger partial charge < -0.3 is 15.7 Å². The summed E-state index contributed by atoms with van der Waals surface area (Å²) in [5.74, 6) is 0.0319. The predicted octanol–water partition coefficient (Wildman–Crippen LogP) is 1.82. The minimum absolute atomic E-state index is 0.0319. The van der Waals surface area contributed by atoms with Crippen molar-refractivity contribution < 1.29 is 9.90 Å². The van der Waals surface area contributed by atoms with E-state index < -0.39 is 6.10 Å². The molecule has 5 heteroatoms. The van der Waals surface area contributed by atoms with Crippen molar-refractivity contribution in [1.82, 2.24) is 10.6 Å². The summed E-state index contributed by atoms with van der Waals surface area (Å²) in [6.07, 6.45) is 5.39. The predicted molar refractivity (Wildman–Crippen MR) is 77.2 cm³/mol.